The first kappa shape index (κ1) is 12.9. The van der Waals surface area contributed by atoms with Crippen molar-refractivity contribution in [1.82, 2.24) is 5.32 Å². The third-order valence-corrected chi connectivity index (χ3v) is 3.26. The molecular weight excluding hydrogens is 226 g/mol. The van der Waals surface area contributed by atoms with Gasteiger partial charge in [-0.05, 0) is 49.6 Å². The van der Waals surface area contributed by atoms with Crippen LogP contribution >= 0.6 is 23.4 Å². The van der Waals surface area contributed by atoms with Gasteiger partial charge in [0.15, 0.2) is 0 Å². The number of benzene rings is 1. The molecule has 0 fully saturated rings. The van der Waals surface area contributed by atoms with E-state index in [0.717, 1.165) is 11.6 Å². The second kappa shape index (κ2) is 7.15. The van der Waals surface area contributed by atoms with Crippen molar-refractivity contribution in [2.45, 2.75) is 19.4 Å². The van der Waals surface area contributed by atoms with Gasteiger partial charge in [0.25, 0.3) is 0 Å². The first-order chi connectivity index (χ1) is 7.24. The number of thioether (sulfide) groups is 1. The molecule has 1 atom stereocenters. The monoisotopic (exact) mass is 243 g/mol. The van der Waals surface area contributed by atoms with Gasteiger partial charge in [-0.2, -0.15) is 11.8 Å². The highest BCUT2D eigenvalue weighted by Gasteiger charge is 2.03. The van der Waals surface area contributed by atoms with Crippen LogP contribution in [0.1, 0.15) is 24.9 Å². The third-order valence-electron chi connectivity index (χ3n) is 2.32. The fraction of sp³-hybridized carbons (Fsp3) is 0.500. The number of nitrogens with one attached hydrogen (secondary N) is 1. The molecule has 0 amide bonds. The normalized spacial score (nSPS) is 12.7. The summed E-state index contributed by atoms with van der Waals surface area (Å²) in [4.78, 5) is 0. The molecule has 1 N–H and O–H groups in total. The lowest BCUT2D eigenvalue weighted by atomic mass is 10.1. The van der Waals surface area contributed by atoms with Crippen LogP contribution in [-0.4, -0.2) is 18.6 Å². The van der Waals surface area contributed by atoms with Gasteiger partial charge in [0.2, 0.25) is 0 Å². The summed E-state index contributed by atoms with van der Waals surface area (Å²) < 4.78 is 0. The Morgan fingerprint density at radius 2 is 2.27 bits per heavy atom. The Kier molecular flexibility index (Phi) is 6.15. The van der Waals surface area contributed by atoms with E-state index < -0.39 is 0 Å². The third kappa shape index (κ3) is 4.92. The quantitative estimate of drug-likeness (QED) is 0.764. The molecule has 15 heavy (non-hydrogen) atoms. The highest BCUT2D eigenvalue weighted by atomic mass is 35.5. The van der Waals surface area contributed by atoms with Crippen molar-refractivity contribution < 1.29 is 0 Å². The standard InChI is InChI=1S/C12H18ClNS/c1-10(14-7-4-8-15-2)11-5-3-6-12(13)9-11/h3,5-6,9-10,14H,4,7-8H2,1-2H3/t10-/m1/s1. The highest BCUT2D eigenvalue weighted by molar-refractivity contribution is 7.98. The van der Waals surface area contributed by atoms with Crippen LogP contribution in [0.2, 0.25) is 5.02 Å². The smallest absolute Gasteiger partial charge is 0.0409 e. The van der Waals surface area contributed by atoms with Crippen LogP contribution in [0.15, 0.2) is 24.3 Å². The summed E-state index contributed by atoms with van der Waals surface area (Å²) in [7, 11) is 0. The number of hydrogen-bond acceptors (Lipinski definition) is 2. The molecule has 0 heterocycles. The highest BCUT2D eigenvalue weighted by Crippen LogP contribution is 2.17. The minimum atomic E-state index is 0.380. The van der Waals surface area contributed by atoms with E-state index in [2.05, 4.69) is 24.6 Å². The first-order valence-electron chi connectivity index (χ1n) is 5.22. The Labute approximate surface area is 102 Å². The van der Waals surface area contributed by atoms with E-state index in [1.54, 1.807) is 0 Å². The molecule has 1 rings (SSSR count). The molecule has 1 nitrogen and oxygen atoms in total. The molecular formula is C12H18ClNS. The van der Waals surface area contributed by atoms with Crippen molar-refractivity contribution in [3.63, 3.8) is 0 Å². The van der Waals surface area contributed by atoms with Crippen LogP contribution in [-0.2, 0) is 0 Å². The van der Waals surface area contributed by atoms with Gasteiger partial charge in [0.1, 0.15) is 0 Å². The Morgan fingerprint density at radius 3 is 2.93 bits per heavy atom. The van der Waals surface area contributed by atoms with Gasteiger partial charge in [-0.15, -0.1) is 0 Å². The zero-order valence-corrected chi connectivity index (χ0v) is 10.9. The van der Waals surface area contributed by atoms with Crippen LogP contribution in [0.5, 0.6) is 0 Å². The maximum atomic E-state index is 5.94. The summed E-state index contributed by atoms with van der Waals surface area (Å²) in [5.74, 6) is 1.22. The SMILES string of the molecule is CSCCCN[C@H](C)c1cccc(Cl)c1. The lowest BCUT2D eigenvalue weighted by Crippen LogP contribution is -2.20. The zero-order chi connectivity index (χ0) is 11.1. The van der Waals surface area contributed by atoms with E-state index in [9.17, 15) is 0 Å². The molecule has 1 aromatic rings. The average molecular weight is 244 g/mol. The van der Waals surface area contributed by atoms with E-state index >= 15 is 0 Å². The average Bonchev–Trinajstić information content (AvgIpc) is 2.24. The summed E-state index contributed by atoms with van der Waals surface area (Å²) >= 11 is 7.83. The van der Waals surface area contributed by atoms with Gasteiger partial charge in [-0.1, -0.05) is 23.7 Å². The number of halogens is 1. The Morgan fingerprint density at radius 1 is 1.47 bits per heavy atom. The summed E-state index contributed by atoms with van der Waals surface area (Å²) in [6.45, 7) is 3.24. The number of rotatable bonds is 6. The molecule has 0 aliphatic carbocycles. The van der Waals surface area contributed by atoms with Crippen LogP contribution in [0.25, 0.3) is 0 Å². The largest absolute Gasteiger partial charge is 0.310 e. The molecule has 0 aliphatic heterocycles. The van der Waals surface area contributed by atoms with Gasteiger partial charge < -0.3 is 5.32 Å². The van der Waals surface area contributed by atoms with Gasteiger partial charge in [-0.3, -0.25) is 0 Å². The molecule has 0 saturated heterocycles. The molecule has 0 saturated carbocycles. The molecule has 0 radical (unpaired) electrons. The molecule has 0 aliphatic rings. The fourth-order valence-corrected chi connectivity index (χ4v) is 2.06. The van der Waals surface area contributed by atoms with Gasteiger partial charge in [-0.25, -0.2) is 0 Å². The van der Waals surface area contributed by atoms with E-state index in [0.29, 0.717) is 6.04 Å². The minimum Gasteiger partial charge on any atom is -0.310 e. The molecule has 0 aromatic heterocycles. The van der Waals surface area contributed by atoms with E-state index in [1.807, 2.05) is 30.0 Å². The lowest BCUT2D eigenvalue weighted by Gasteiger charge is -2.14. The topological polar surface area (TPSA) is 12.0 Å². The fourth-order valence-electron chi connectivity index (χ4n) is 1.43. The van der Waals surface area contributed by atoms with E-state index in [4.69, 9.17) is 11.6 Å². The molecule has 0 unspecified atom stereocenters. The van der Waals surface area contributed by atoms with Crippen LogP contribution in [0.3, 0.4) is 0 Å². The molecule has 0 spiro atoms. The van der Waals surface area contributed by atoms with Crippen molar-refractivity contribution in [2.24, 2.45) is 0 Å². The van der Waals surface area contributed by atoms with Gasteiger partial charge in [0.05, 0.1) is 0 Å². The van der Waals surface area contributed by atoms with Crippen molar-refractivity contribution in [3.8, 4) is 0 Å². The summed E-state index contributed by atoms with van der Waals surface area (Å²) in [5.41, 5.74) is 1.26. The summed E-state index contributed by atoms with van der Waals surface area (Å²) in [5, 5.41) is 4.30. The molecule has 1 aromatic carbocycles. The number of hydrogen-bond donors (Lipinski definition) is 1. The molecule has 84 valence electrons. The predicted molar refractivity (Wildman–Crippen MR) is 70.9 cm³/mol. The van der Waals surface area contributed by atoms with Crippen molar-refractivity contribution in [2.75, 3.05) is 18.6 Å². The second-order valence-corrected chi connectivity index (χ2v) is 5.00. The first-order valence-corrected chi connectivity index (χ1v) is 6.99. The maximum absolute atomic E-state index is 5.94. The predicted octanol–water partition coefficient (Wildman–Crippen LogP) is 3.74. The van der Waals surface area contributed by atoms with Crippen molar-refractivity contribution >= 4 is 23.4 Å². The van der Waals surface area contributed by atoms with Gasteiger partial charge >= 0.3 is 0 Å². The van der Waals surface area contributed by atoms with Crippen LogP contribution < -0.4 is 5.32 Å². The van der Waals surface area contributed by atoms with E-state index in [-0.39, 0.29) is 0 Å². The zero-order valence-electron chi connectivity index (χ0n) is 9.29. The molecule has 0 bridgehead atoms. The Balaban J connectivity index is 2.36. The minimum absolute atomic E-state index is 0.380. The second-order valence-electron chi connectivity index (χ2n) is 3.58. The summed E-state index contributed by atoms with van der Waals surface area (Å²) in [6.07, 6.45) is 3.35. The summed E-state index contributed by atoms with van der Waals surface area (Å²) in [6, 6.07) is 8.42. The maximum Gasteiger partial charge on any atom is 0.0409 e. The Bertz CT molecular complexity index is 291. The van der Waals surface area contributed by atoms with Crippen LogP contribution in [0, 0.1) is 0 Å². The van der Waals surface area contributed by atoms with Crippen molar-refractivity contribution in [3.05, 3.63) is 34.9 Å². The van der Waals surface area contributed by atoms with Gasteiger partial charge in [0, 0.05) is 11.1 Å². The van der Waals surface area contributed by atoms with E-state index in [1.165, 1.54) is 17.7 Å². The molecule has 3 heteroatoms. The van der Waals surface area contributed by atoms with Crippen molar-refractivity contribution in [1.29, 1.82) is 0 Å². The Hall–Kier alpha value is -0.180. The lowest BCUT2D eigenvalue weighted by molar-refractivity contribution is 0.572. The van der Waals surface area contributed by atoms with Crippen LogP contribution in [0.4, 0.5) is 0 Å².